The van der Waals surface area contributed by atoms with Crippen molar-refractivity contribution < 1.29 is 0 Å². The average Bonchev–Trinajstić information content (AvgIpc) is 2.89. The van der Waals surface area contributed by atoms with Gasteiger partial charge in [0.05, 0.1) is 6.33 Å². The van der Waals surface area contributed by atoms with Gasteiger partial charge in [-0.3, -0.25) is 0 Å². The molecule has 18 heavy (non-hydrogen) atoms. The van der Waals surface area contributed by atoms with Gasteiger partial charge in [0.15, 0.2) is 0 Å². The number of nitrogens with one attached hydrogen (secondary N) is 2. The molecule has 2 aromatic rings. The van der Waals surface area contributed by atoms with Crippen LogP contribution >= 0.6 is 0 Å². The maximum Gasteiger partial charge on any atom is 0.0921 e. The van der Waals surface area contributed by atoms with Gasteiger partial charge in [-0.15, -0.1) is 0 Å². The van der Waals surface area contributed by atoms with E-state index in [-0.39, 0.29) is 0 Å². The van der Waals surface area contributed by atoms with E-state index in [4.69, 9.17) is 0 Å². The second-order valence-corrected chi connectivity index (χ2v) is 4.65. The lowest BCUT2D eigenvalue weighted by molar-refractivity contribution is 0.521. The number of rotatable bonds is 6. The molecule has 0 radical (unpaired) electrons. The van der Waals surface area contributed by atoms with Crippen LogP contribution in [0.3, 0.4) is 0 Å². The van der Waals surface area contributed by atoms with E-state index in [1.807, 2.05) is 6.20 Å². The molecule has 1 heterocycles. The van der Waals surface area contributed by atoms with Crippen LogP contribution in [0, 0.1) is 6.92 Å². The van der Waals surface area contributed by atoms with Gasteiger partial charge < -0.3 is 10.3 Å². The van der Waals surface area contributed by atoms with Gasteiger partial charge in [0.1, 0.15) is 0 Å². The van der Waals surface area contributed by atoms with Crippen LogP contribution in [0.25, 0.3) is 0 Å². The number of hydrogen-bond donors (Lipinski definition) is 2. The summed E-state index contributed by atoms with van der Waals surface area (Å²) < 4.78 is 0. The summed E-state index contributed by atoms with van der Waals surface area (Å²) in [7, 11) is 0. The van der Waals surface area contributed by atoms with Crippen LogP contribution in [-0.4, -0.2) is 16.5 Å². The molecule has 0 aliphatic carbocycles. The van der Waals surface area contributed by atoms with Crippen LogP contribution in [0.5, 0.6) is 0 Å². The minimum absolute atomic E-state index is 0.438. The van der Waals surface area contributed by atoms with Crippen LogP contribution in [0.1, 0.15) is 36.2 Å². The Hall–Kier alpha value is -1.61. The van der Waals surface area contributed by atoms with E-state index < -0.39 is 0 Å². The lowest BCUT2D eigenvalue weighted by Crippen LogP contribution is -2.23. The summed E-state index contributed by atoms with van der Waals surface area (Å²) in [5.74, 6) is 0. The Morgan fingerprint density at radius 3 is 2.67 bits per heavy atom. The zero-order valence-corrected chi connectivity index (χ0v) is 11.1. The summed E-state index contributed by atoms with van der Waals surface area (Å²) in [4.78, 5) is 7.15. The number of aryl methyl sites for hydroxylation is 1. The number of hydrogen-bond acceptors (Lipinski definition) is 2. The predicted molar refractivity (Wildman–Crippen MR) is 74.5 cm³/mol. The van der Waals surface area contributed by atoms with Crippen LogP contribution in [0.15, 0.2) is 36.8 Å². The third-order valence-electron chi connectivity index (χ3n) is 3.23. The van der Waals surface area contributed by atoms with E-state index in [9.17, 15) is 0 Å². The zero-order chi connectivity index (χ0) is 12.8. The Kier molecular flexibility index (Phi) is 4.53. The third-order valence-corrected chi connectivity index (χ3v) is 3.23. The summed E-state index contributed by atoms with van der Waals surface area (Å²) in [5, 5.41) is 3.60. The van der Waals surface area contributed by atoms with Gasteiger partial charge in [-0.25, -0.2) is 4.98 Å². The predicted octanol–water partition coefficient (Wildman–Crippen LogP) is 3.00. The standard InChI is InChI=1S/C15H21N3/c1-3-15(13-6-4-12(2)5-7-13)17-9-8-14-10-16-11-18-14/h4-7,10-11,15,17H,3,8-9H2,1-2H3,(H,16,18). The monoisotopic (exact) mass is 243 g/mol. The number of imidazole rings is 1. The first-order valence-electron chi connectivity index (χ1n) is 6.56. The molecule has 1 atom stereocenters. The normalized spacial score (nSPS) is 12.6. The fourth-order valence-electron chi connectivity index (χ4n) is 2.10. The summed E-state index contributed by atoms with van der Waals surface area (Å²) >= 11 is 0. The molecule has 0 spiro atoms. The lowest BCUT2D eigenvalue weighted by Gasteiger charge is -2.17. The second kappa shape index (κ2) is 6.36. The molecule has 0 bridgehead atoms. The average molecular weight is 243 g/mol. The Morgan fingerprint density at radius 1 is 1.28 bits per heavy atom. The maximum absolute atomic E-state index is 4.02. The molecule has 1 aromatic carbocycles. The Morgan fingerprint density at radius 2 is 2.06 bits per heavy atom. The van der Waals surface area contributed by atoms with Crippen molar-refractivity contribution in [2.75, 3.05) is 6.54 Å². The third kappa shape index (κ3) is 3.44. The van der Waals surface area contributed by atoms with Crippen molar-refractivity contribution in [3.8, 4) is 0 Å². The van der Waals surface area contributed by atoms with Crippen molar-refractivity contribution >= 4 is 0 Å². The number of benzene rings is 1. The van der Waals surface area contributed by atoms with Crippen molar-refractivity contribution in [3.05, 3.63) is 53.6 Å². The molecule has 0 amide bonds. The van der Waals surface area contributed by atoms with Crippen LogP contribution in [-0.2, 0) is 6.42 Å². The van der Waals surface area contributed by atoms with Gasteiger partial charge in [-0.1, -0.05) is 36.8 Å². The Labute approximate surface area is 109 Å². The highest BCUT2D eigenvalue weighted by Gasteiger charge is 2.07. The van der Waals surface area contributed by atoms with E-state index >= 15 is 0 Å². The molecule has 0 aliphatic rings. The number of H-pyrrole nitrogens is 1. The quantitative estimate of drug-likeness (QED) is 0.819. The smallest absolute Gasteiger partial charge is 0.0921 e. The summed E-state index contributed by atoms with van der Waals surface area (Å²) in [6.45, 7) is 5.30. The molecular formula is C15H21N3. The van der Waals surface area contributed by atoms with E-state index in [1.54, 1.807) is 6.33 Å². The van der Waals surface area contributed by atoms with Gasteiger partial charge in [-0.2, -0.15) is 0 Å². The van der Waals surface area contributed by atoms with Crippen molar-refractivity contribution in [3.63, 3.8) is 0 Å². The Balaban J connectivity index is 1.87. The molecule has 3 heteroatoms. The molecule has 0 aliphatic heterocycles. The topological polar surface area (TPSA) is 40.7 Å². The largest absolute Gasteiger partial charge is 0.348 e. The van der Waals surface area contributed by atoms with E-state index in [2.05, 4.69) is 53.4 Å². The summed E-state index contributed by atoms with van der Waals surface area (Å²) in [6, 6.07) is 9.22. The second-order valence-electron chi connectivity index (χ2n) is 4.65. The fraction of sp³-hybridized carbons (Fsp3) is 0.400. The van der Waals surface area contributed by atoms with E-state index in [1.165, 1.54) is 16.8 Å². The highest BCUT2D eigenvalue weighted by Crippen LogP contribution is 2.16. The van der Waals surface area contributed by atoms with Gasteiger partial charge in [0.2, 0.25) is 0 Å². The first-order valence-corrected chi connectivity index (χ1v) is 6.56. The molecule has 2 rings (SSSR count). The Bertz CT molecular complexity index is 445. The van der Waals surface area contributed by atoms with Crippen LogP contribution in [0.4, 0.5) is 0 Å². The molecule has 2 N–H and O–H groups in total. The van der Waals surface area contributed by atoms with Crippen molar-refractivity contribution in [1.29, 1.82) is 0 Å². The fourth-order valence-corrected chi connectivity index (χ4v) is 2.10. The SMILES string of the molecule is CCC(NCCc1cnc[nH]1)c1ccc(C)cc1. The van der Waals surface area contributed by atoms with Crippen LogP contribution < -0.4 is 5.32 Å². The highest BCUT2D eigenvalue weighted by atomic mass is 14.9. The minimum atomic E-state index is 0.438. The maximum atomic E-state index is 4.02. The highest BCUT2D eigenvalue weighted by molar-refractivity contribution is 5.24. The zero-order valence-electron chi connectivity index (χ0n) is 11.1. The summed E-state index contributed by atoms with van der Waals surface area (Å²) in [6.07, 6.45) is 5.70. The number of nitrogens with zero attached hydrogens (tertiary/aromatic N) is 1. The van der Waals surface area contributed by atoms with Crippen molar-refractivity contribution in [2.45, 2.75) is 32.7 Å². The molecule has 0 saturated carbocycles. The van der Waals surface area contributed by atoms with Gasteiger partial charge in [-0.05, 0) is 18.9 Å². The molecule has 3 nitrogen and oxygen atoms in total. The van der Waals surface area contributed by atoms with Gasteiger partial charge >= 0.3 is 0 Å². The van der Waals surface area contributed by atoms with Crippen molar-refractivity contribution in [2.24, 2.45) is 0 Å². The molecule has 0 saturated heterocycles. The van der Waals surface area contributed by atoms with Gasteiger partial charge in [0, 0.05) is 30.9 Å². The minimum Gasteiger partial charge on any atom is -0.348 e. The van der Waals surface area contributed by atoms with E-state index in [0.717, 1.165) is 19.4 Å². The molecule has 96 valence electrons. The first kappa shape index (κ1) is 12.8. The molecule has 1 aromatic heterocycles. The number of aromatic amines is 1. The molecule has 0 fully saturated rings. The molecular weight excluding hydrogens is 222 g/mol. The number of aromatic nitrogens is 2. The lowest BCUT2D eigenvalue weighted by atomic mass is 10.0. The van der Waals surface area contributed by atoms with Crippen LogP contribution in [0.2, 0.25) is 0 Å². The van der Waals surface area contributed by atoms with Crippen molar-refractivity contribution in [1.82, 2.24) is 15.3 Å². The molecule has 1 unspecified atom stereocenters. The first-order chi connectivity index (χ1) is 8.79. The van der Waals surface area contributed by atoms with Gasteiger partial charge in [0.25, 0.3) is 0 Å². The van der Waals surface area contributed by atoms with E-state index in [0.29, 0.717) is 6.04 Å². The summed E-state index contributed by atoms with van der Waals surface area (Å²) in [5.41, 5.74) is 3.86.